The Kier molecular flexibility index (Phi) is 4.24. The van der Waals surface area contributed by atoms with E-state index >= 15 is 0 Å². The molecule has 0 aliphatic rings. The highest BCUT2D eigenvalue weighted by Gasteiger charge is 2.06. The number of thiophene rings is 1. The Bertz CT molecular complexity index is 497. The fourth-order valence-electron chi connectivity index (χ4n) is 1.77. The molecule has 2 heterocycles. The molecule has 18 heavy (non-hydrogen) atoms. The third kappa shape index (κ3) is 3.49. The topological polar surface area (TPSA) is 67.1 Å². The van der Waals surface area contributed by atoms with E-state index < -0.39 is 0 Å². The summed E-state index contributed by atoms with van der Waals surface area (Å²) in [5.74, 6) is 6.81. The molecule has 0 aromatic carbocycles. The molecule has 2 rings (SSSR count). The van der Waals surface area contributed by atoms with Crippen molar-refractivity contribution in [1.82, 2.24) is 14.9 Å². The minimum atomic E-state index is 0.654. The van der Waals surface area contributed by atoms with Crippen molar-refractivity contribution >= 4 is 17.2 Å². The first kappa shape index (κ1) is 12.9. The van der Waals surface area contributed by atoms with E-state index in [-0.39, 0.29) is 0 Å². The molecule has 0 saturated heterocycles. The lowest BCUT2D eigenvalue weighted by molar-refractivity contribution is 0.311. The number of nitrogens with zero attached hydrogens (tertiary/aromatic N) is 3. The van der Waals surface area contributed by atoms with Crippen LogP contribution in [0.15, 0.2) is 22.9 Å². The molecule has 0 radical (unpaired) electrons. The molecule has 0 amide bonds. The second kappa shape index (κ2) is 5.90. The van der Waals surface area contributed by atoms with E-state index in [1.54, 1.807) is 11.3 Å². The lowest BCUT2D eigenvalue weighted by Gasteiger charge is -2.15. The molecular formula is C12H17N5S. The number of anilines is 1. The zero-order valence-corrected chi connectivity index (χ0v) is 11.4. The summed E-state index contributed by atoms with van der Waals surface area (Å²) in [6.07, 6.45) is 0. The maximum Gasteiger partial charge on any atom is 0.145 e. The number of aromatic nitrogens is 2. The first-order valence-corrected chi connectivity index (χ1v) is 6.62. The molecular weight excluding hydrogens is 246 g/mol. The molecule has 0 fully saturated rings. The van der Waals surface area contributed by atoms with Crippen LogP contribution in [0.1, 0.15) is 17.1 Å². The van der Waals surface area contributed by atoms with Gasteiger partial charge in [0.15, 0.2) is 0 Å². The van der Waals surface area contributed by atoms with Crippen molar-refractivity contribution in [3.8, 4) is 0 Å². The van der Waals surface area contributed by atoms with Crippen LogP contribution in [0, 0.1) is 6.92 Å². The zero-order valence-electron chi connectivity index (χ0n) is 10.6. The number of aryl methyl sites for hydroxylation is 1. The monoisotopic (exact) mass is 263 g/mol. The molecule has 0 saturated carbocycles. The summed E-state index contributed by atoms with van der Waals surface area (Å²) < 4.78 is 0. The van der Waals surface area contributed by atoms with Crippen LogP contribution in [0.4, 0.5) is 5.82 Å². The van der Waals surface area contributed by atoms with Crippen LogP contribution in [0.2, 0.25) is 0 Å². The number of hydrazine groups is 1. The molecule has 0 bridgehead atoms. The second-order valence-corrected chi connectivity index (χ2v) is 5.04. The van der Waals surface area contributed by atoms with Gasteiger partial charge in [-0.2, -0.15) is 11.3 Å². The Morgan fingerprint density at radius 1 is 1.39 bits per heavy atom. The molecule has 0 aliphatic heterocycles. The third-order valence-corrected chi connectivity index (χ3v) is 3.22. The van der Waals surface area contributed by atoms with Gasteiger partial charge in [-0.25, -0.2) is 15.8 Å². The highest BCUT2D eigenvalue weighted by Crippen LogP contribution is 2.11. The fraction of sp³-hybridized carbons (Fsp3) is 0.333. The Hall–Kier alpha value is -1.50. The van der Waals surface area contributed by atoms with Gasteiger partial charge in [0, 0.05) is 18.3 Å². The van der Waals surface area contributed by atoms with Crippen LogP contribution in [0.25, 0.3) is 0 Å². The Balaban J connectivity index is 2.02. The summed E-state index contributed by atoms with van der Waals surface area (Å²) in [7, 11) is 2.05. The lowest BCUT2D eigenvalue weighted by atomic mass is 10.3. The Labute approximate surface area is 111 Å². The van der Waals surface area contributed by atoms with Gasteiger partial charge >= 0.3 is 0 Å². The van der Waals surface area contributed by atoms with Crippen molar-refractivity contribution in [1.29, 1.82) is 0 Å². The van der Waals surface area contributed by atoms with Gasteiger partial charge < -0.3 is 5.43 Å². The summed E-state index contributed by atoms with van der Waals surface area (Å²) in [6, 6.07) is 3.95. The summed E-state index contributed by atoms with van der Waals surface area (Å²) in [4.78, 5) is 10.9. The van der Waals surface area contributed by atoms with Gasteiger partial charge in [-0.1, -0.05) is 0 Å². The van der Waals surface area contributed by atoms with Crippen LogP contribution in [-0.4, -0.2) is 21.9 Å². The molecule has 6 heteroatoms. The SMILES string of the molecule is Cc1cc(NN)nc(CN(C)Cc2ccsc2)n1. The van der Waals surface area contributed by atoms with Gasteiger partial charge in [-0.3, -0.25) is 4.90 Å². The molecule has 5 nitrogen and oxygen atoms in total. The first-order chi connectivity index (χ1) is 8.67. The van der Waals surface area contributed by atoms with Gasteiger partial charge in [-0.15, -0.1) is 0 Å². The summed E-state index contributed by atoms with van der Waals surface area (Å²) in [5, 5.41) is 4.24. The van der Waals surface area contributed by atoms with E-state index in [1.807, 2.05) is 13.0 Å². The maximum atomic E-state index is 5.38. The van der Waals surface area contributed by atoms with E-state index in [0.717, 1.165) is 18.1 Å². The van der Waals surface area contributed by atoms with E-state index in [1.165, 1.54) is 5.56 Å². The average molecular weight is 263 g/mol. The van der Waals surface area contributed by atoms with Crippen LogP contribution < -0.4 is 11.3 Å². The molecule has 0 atom stereocenters. The molecule has 0 aliphatic carbocycles. The summed E-state index contributed by atoms with van der Waals surface area (Å²) in [6.45, 7) is 3.53. The maximum absolute atomic E-state index is 5.38. The van der Waals surface area contributed by atoms with Crippen molar-refractivity contribution in [2.75, 3.05) is 12.5 Å². The molecule has 2 aromatic heterocycles. The first-order valence-electron chi connectivity index (χ1n) is 5.68. The minimum Gasteiger partial charge on any atom is -0.308 e. The zero-order chi connectivity index (χ0) is 13.0. The quantitative estimate of drug-likeness (QED) is 0.635. The number of nitrogens with two attached hydrogens (primary N) is 1. The van der Waals surface area contributed by atoms with E-state index in [4.69, 9.17) is 5.84 Å². The molecule has 0 spiro atoms. The van der Waals surface area contributed by atoms with Crippen molar-refractivity contribution < 1.29 is 0 Å². The van der Waals surface area contributed by atoms with Crippen LogP contribution >= 0.6 is 11.3 Å². The highest BCUT2D eigenvalue weighted by molar-refractivity contribution is 7.07. The number of nitrogens with one attached hydrogen (secondary N) is 1. The number of hydrogen-bond acceptors (Lipinski definition) is 6. The van der Waals surface area contributed by atoms with Gasteiger partial charge in [0.05, 0.1) is 6.54 Å². The summed E-state index contributed by atoms with van der Waals surface area (Å²) in [5.41, 5.74) is 4.79. The standard InChI is InChI=1S/C12H17N5S/c1-9-5-11(16-13)15-12(14-9)7-17(2)6-10-3-4-18-8-10/h3-5,8H,6-7,13H2,1-2H3,(H,14,15,16). The van der Waals surface area contributed by atoms with Crippen molar-refractivity contribution in [3.63, 3.8) is 0 Å². The Morgan fingerprint density at radius 2 is 2.22 bits per heavy atom. The fourth-order valence-corrected chi connectivity index (χ4v) is 2.43. The van der Waals surface area contributed by atoms with Crippen LogP contribution in [0.3, 0.4) is 0 Å². The predicted octanol–water partition coefficient (Wildman–Crippen LogP) is 1.76. The second-order valence-electron chi connectivity index (χ2n) is 4.26. The van der Waals surface area contributed by atoms with Crippen molar-refractivity contribution in [3.05, 3.63) is 40.0 Å². The number of nitrogen functional groups attached to an aromatic ring is 1. The van der Waals surface area contributed by atoms with E-state index in [0.29, 0.717) is 12.4 Å². The highest BCUT2D eigenvalue weighted by atomic mass is 32.1. The third-order valence-electron chi connectivity index (χ3n) is 2.49. The normalized spacial score (nSPS) is 10.9. The average Bonchev–Trinajstić information content (AvgIpc) is 2.80. The van der Waals surface area contributed by atoms with E-state index in [9.17, 15) is 0 Å². The van der Waals surface area contributed by atoms with Gasteiger partial charge in [0.1, 0.15) is 11.6 Å². The molecule has 96 valence electrons. The van der Waals surface area contributed by atoms with E-state index in [2.05, 4.69) is 44.2 Å². The summed E-state index contributed by atoms with van der Waals surface area (Å²) >= 11 is 1.71. The number of rotatable bonds is 5. The number of hydrogen-bond donors (Lipinski definition) is 2. The molecule has 0 unspecified atom stereocenters. The lowest BCUT2D eigenvalue weighted by Crippen LogP contribution is -2.20. The van der Waals surface area contributed by atoms with Gasteiger partial charge in [-0.05, 0) is 36.4 Å². The predicted molar refractivity (Wildman–Crippen MR) is 74.1 cm³/mol. The van der Waals surface area contributed by atoms with Crippen molar-refractivity contribution in [2.24, 2.45) is 5.84 Å². The van der Waals surface area contributed by atoms with Gasteiger partial charge in [0.25, 0.3) is 0 Å². The molecule has 3 N–H and O–H groups in total. The van der Waals surface area contributed by atoms with Crippen LogP contribution in [0.5, 0.6) is 0 Å². The minimum absolute atomic E-state index is 0.654. The molecule has 2 aromatic rings. The Morgan fingerprint density at radius 3 is 2.89 bits per heavy atom. The van der Waals surface area contributed by atoms with Gasteiger partial charge in [0.2, 0.25) is 0 Å². The van der Waals surface area contributed by atoms with Crippen LogP contribution in [-0.2, 0) is 13.1 Å². The van der Waals surface area contributed by atoms with Crippen molar-refractivity contribution in [2.45, 2.75) is 20.0 Å². The smallest absolute Gasteiger partial charge is 0.145 e. The largest absolute Gasteiger partial charge is 0.308 e.